The molecule has 9 heteroatoms. The van der Waals surface area contributed by atoms with Crippen LogP contribution in [0.2, 0.25) is 0 Å². The van der Waals surface area contributed by atoms with Crippen LogP contribution in [0.3, 0.4) is 0 Å². The Hall–Kier alpha value is -1.55. The predicted octanol–water partition coefficient (Wildman–Crippen LogP) is -0.107. The third-order valence-corrected chi connectivity index (χ3v) is 5.37. The van der Waals surface area contributed by atoms with Crippen molar-refractivity contribution in [3.8, 4) is 0 Å². The third-order valence-electron chi connectivity index (χ3n) is 3.43. The van der Waals surface area contributed by atoms with Crippen molar-refractivity contribution in [1.82, 2.24) is 9.21 Å². The zero-order valence-electron chi connectivity index (χ0n) is 11.4. The summed E-state index contributed by atoms with van der Waals surface area (Å²) >= 11 is 0. The van der Waals surface area contributed by atoms with Gasteiger partial charge in [0.05, 0.1) is 11.5 Å². The zero-order valence-corrected chi connectivity index (χ0v) is 12.2. The van der Waals surface area contributed by atoms with Gasteiger partial charge in [-0.25, -0.2) is 8.42 Å². The molecule has 116 valence electrons. The topological polar surface area (TPSA) is 104 Å². The summed E-state index contributed by atoms with van der Waals surface area (Å²) in [4.78, 5) is 12.0. The maximum Gasteiger partial charge on any atom is 0.289 e. The predicted molar refractivity (Wildman–Crippen MR) is 75.4 cm³/mol. The summed E-state index contributed by atoms with van der Waals surface area (Å²) in [5.74, 6) is 0. The number of aliphatic hydroxyl groups excluding tert-OH is 1. The van der Waals surface area contributed by atoms with E-state index in [-0.39, 0.29) is 24.6 Å². The Balaban J connectivity index is 2.22. The van der Waals surface area contributed by atoms with E-state index in [0.29, 0.717) is 19.6 Å². The first-order valence-corrected chi connectivity index (χ1v) is 7.97. The number of benzene rings is 1. The Morgan fingerprint density at radius 1 is 1.19 bits per heavy atom. The molecule has 0 aromatic heterocycles. The van der Waals surface area contributed by atoms with Crippen LogP contribution in [0.5, 0.6) is 0 Å². The van der Waals surface area contributed by atoms with E-state index in [1.807, 2.05) is 4.90 Å². The Labute approximate surface area is 122 Å². The van der Waals surface area contributed by atoms with Gasteiger partial charge >= 0.3 is 0 Å². The highest BCUT2D eigenvalue weighted by molar-refractivity contribution is 7.89. The summed E-state index contributed by atoms with van der Waals surface area (Å²) in [5.41, 5.74) is -0.407. The Bertz CT molecular complexity index is 611. The molecule has 0 atom stereocenters. The Kier molecular flexibility index (Phi) is 4.88. The highest BCUT2D eigenvalue weighted by Gasteiger charge is 2.33. The lowest BCUT2D eigenvalue weighted by Gasteiger charge is -2.33. The van der Waals surface area contributed by atoms with Crippen molar-refractivity contribution in [2.75, 3.05) is 39.3 Å². The van der Waals surface area contributed by atoms with Crippen molar-refractivity contribution in [3.63, 3.8) is 0 Å². The van der Waals surface area contributed by atoms with E-state index in [4.69, 9.17) is 5.11 Å². The maximum atomic E-state index is 12.5. The lowest BCUT2D eigenvalue weighted by atomic mass is 10.3. The van der Waals surface area contributed by atoms with Gasteiger partial charge in [0.15, 0.2) is 4.90 Å². The van der Waals surface area contributed by atoms with Crippen molar-refractivity contribution in [2.45, 2.75) is 4.90 Å². The zero-order chi connectivity index (χ0) is 15.5. The van der Waals surface area contributed by atoms with E-state index < -0.39 is 20.6 Å². The standard InChI is InChI=1S/C12H17N3O5S/c16-10-9-13-5-7-14(8-6-13)21(19,20)12-4-2-1-3-11(12)15(17)18/h1-4,16H,5-10H2. The molecular formula is C12H17N3O5S. The summed E-state index contributed by atoms with van der Waals surface area (Å²) in [6, 6.07) is 5.36. The van der Waals surface area contributed by atoms with Crippen LogP contribution in [0.1, 0.15) is 0 Å². The van der Waals surface area contributed by atoms with Crippen LogP contribution in [-0.4, -0.2) is 67.0 Å². The fraction of sp³-hybridized carbons (Fsp3) is 0.500. The second kappa shape index (κ2) is 6.48. The van der Waals surface area contributed by atoms with Gasteiger partial charge < -0.3 is 5.11 Å². The fourth-order valence-corrected chi connectivity index (χ4v) is 3.88. The number of nitrogens with zero attached hydrogens (tertiary/aromatic N) is 3. The highest BCUT2D eigenvalue weighted by atomic mass is 32.2. The minimum atomic E-state index is -3.87. The van der Waals surface area contributed by atoms with E-state index in [0.717, 1.165) is 0 Å². The van der Waals surface area contributed by atoms with E-state index in [2.05, 4.69) is 0 Å². The number of piperazine rings is 1. The van der Waals surface area contributed by atoms with Gasteiger partial charge in [-0.05, 0) is 6.07 Å². The van der Waals surface area contributed by atoms with Crippen LogP contribution in [0, 0.1) is 10.1 Å². The van der Waals surface area contributed by atoms with E-state index in [9.17, 15) is 18.5 Å². The molecule has 0 bridgehead atoms. The lowest BCUT2D eigenvalue weighted by molar-refractivity contribution is -0.387. The molecule has 1 aromatic carbocycles. The van der Waals surface area contributed by atoms with Gasteiger partial charge in [-0.2, -0.15) is 4.31 Å². The molecule has 8 nitrogen and oxygen atoms in total. The third kappa shape index (κ3) is 3.38. The summed E-state index contributed by atoms with van der Waals surface area (Å²) in [5, 5.41) is 19.8. The molecule has 0 unspecified atom stereocenters. The first-order chi connectivity index (χ1) is 9.96. The smallest absolute Gasteiger partial charge is 0.289 e. The molecule has 1 fully saturated rings. The second-order valence-corrected chi connectivity index (χ2v) is 6.60. The minimum Gasteiger partial charge on any atom is -0.395 e. The van der Waals surface area contributed by atoms with Crippen molar-refractivity contribution < 1.29 is 18.4 Å². The Morgan fingerprint density at radius 3 is 2.38 bits per heavy atom. The average Bonchev–Trinajstić information content (AvgIpc) is 2.48. The number of hydrogen-bond donors (Lipinski definition) is 1. The molecule has 1 aliphatic rings. The van der Waals surface area contributed by atoms with Gasteiger partial charge in [0.1, 0.15) is 0 Å². The van der Waals surface area contributed by atoms with Crippen LogP contribution < -0.4 is 0 Å². The minimum absolute atomic E-state index is 0.0247. The summed E-state index contributed by atoms with van der Waals surface area (Å²) in [6.07, 6.45) is 0. The molecule has 1 saturated heterocycles. The van der Waals surface area contributed by atoms with Crippen LogP contribution in [0.15, 0.2) is 29.2 Å². The van der Waals surface area contributed by atoms with Crippen LogP contribution in [0.25, 0.3) is 0 Å². The van der Waals surface area contributed by atoms with Gasteiger partial charge in [-0.15, -0.1) is 0 Å². The SMILES string of the molecule is O=[N+]([O-])c1ccccc1S(=O)(=O)N1CCN(CCO)CC1. The lowest BCUT2D eigenvalue weighted by Crippen LogP contribution is -2.49. The quantitative estimate of drug-likeness (QED) is 0.601. The van der Waals surface area contributed by atoms with Crippen molar-refractivity contribution in [2.24, 2.45) is 0 Å². The molecule has 0 saturated carbocycles. The number of rotatable bonds is 5. The number of β-amino-alcohol motifs (C(OH)–C–C–N with tert-alkyl or cyclic N) is 1. The molecule has 1 N–H and O–H groups in total. The molecule has 0 aliphatic carbocycles. The molecule has 1 heterocycles. The van der Waals surface area contributed by atoms with Crippen LogP contribution >= 0.6 is 0 Å². The maximum absolute atomic E-state index is 12.5. The molecule has 2 rings (SSSR count). The van der Waals surface area contributed by atoms with Crippen molar-refractivity contribution >= 4 is 15.7 Å². The van der Waals surface area contributed by atoms with E-state index in [1.165, 1.54) is 28.6 Å². The van der Waals surface area contributed by atoms with E-state index >= 15 is 0 Å². The number of nitro groups is 1. The fourth-order valence-electron chi connectivity index (χ4n) is 2.30. The molecule has 0 radical (unpaired) electrons. The molecule has 1 aliphatic heterocycles. The number of para-hydroxylation sites is 1. The molecule has 0 spiro atoms. The van der Waals surface area contributed by atoms with Gasteiger partial charge in [-0.3, -0.25) is 15.0 Å². The first-order valence-electron chi connectivity index (χ1n) is 6.53. The van der Waals surface area contributed by atoms with Gasteiger partial charge in [0.25, 0.3) is 5.69 Å². The molecule has 1 aromatic rings. The normalized spacial score (nSPS) is 17.8. The highest BCUT2D eigenvalue weighted by Crippen LogP contribution is 2.26. The van der Waals surface area contributed by atoms with Gasteiger partial charge in [0, 0.05) is 38.8 Å². The Morgan fingerprint density at radius 2 is 1.81 bits per heavy atom. The monoisotopic (exact) mass is 315 g/mol. The molecule has 21 heavy (non-hydrogen) atoms. The van der Waals surface area contributed by atoms with Gasteiger partial charge in [-0.1, -0.05) is 12.1 Å². The summed E-state index contributed by atoms with van der Waals surface area (Å²) in [6.45, 7) is 2.04. The second-order valence-electron chi connectivity index (χ2n) is 4.69. The summed E-state index contributed by atoms with van der Waals surface area (Å²) in [7, 11) is -3.87. The van der Waals surface area contributed by atoms with Crippen molar-refractivity contribution in [1.29, 1.82) is 0 Å². The average molecular weight is 315 g/mol. The number of nitro benzene ring substituents is 1. The van der Waals surface area contributed by atoms with Crippen LogP contribution in [0.4, 0.5) is 5.69 Å². The van der Waals surface area contributed by atoms with Crippen molar-refractivity contribution in [3.05, 3.63) is 34.4 Å². The van der Waals surface area contributed by atoms with Gasteiger partial charge in [0.2, 0.25) is 10.0 Å². The number of sulfonamides is 1. The summed E-state index contributed by atoms with van der Waals surface area (Å²) < 4.78 is 26.3. The molecular weight excluding hydrogens is 298 g/mol. The number of aliphatic hydroxyl groups is 1. The largest absolute Gasteiger partial charge is 0.395 e. The first kappa shape index (κ1) is 15.8. The number of hydrogen-bond acceptors (Lipinski definition) is 6. The molecule has 0 amide bonds. The van der Waals surface area contributed by atoms with E-state index in [1.54, 1.807) is 0 Å². The van der Waals surface area contributed by atoms with Crippen LogP contribution in [-0.2, 0) is 10.0 Å².